The molecule has 0 aliphatic carbocycles. The average molecular weight is 416 g/mol. The number of carbonyl (C=O) groups excluding carboxylic acids is 1. The Morgan fingerprint density at radius 1 is 1.27 bits per heavy atom. The number of hydrogen-bond acceptors (Lipinski definition) is 4. The van der Waals surface area contributed by atoms with Gasteiger partial charge in [-0.2, -0.15) is 0 Å². The van der Waals surface area contributed by atoms with Crippen molar-refractivity contribution >= 4 is 11.9 Å². The third kappa shape index (κ3) is 6.06. The monoisotopic (exact) mass is 416 g/mol. The number of aliphatic imine (C=N–C) groups is 1. The van der Waals surface area contributed by atoms with E-state index in [1.165, 1.54) is 17.0 Å². The largest absolute Gasteiger partial charge is 0.469 e. The van der Waals surface area contributed by atoms with Gasteiger partial charge in [0.15, 0.2) is 5.96 Å². The lowest BCUT2D eigenvalue weighted by Crippen LogP contribution is -2.51. The van der Waals surface area contributed by atoms with Gasteiger partial charge in [0.25, 0.3) is 0 Å². The van der Waals surface area contributed by atoms with Crippen LogP contribution in [-0.4, -0.2) is 68.0 Å². The molecule has 8 heteroatoms. The molecule has 1 aliphatic heterocycles. The van der Waals surface area contributed by atoms with Crippen LogP contribution in [0.3, 0.4) is 0 Å². The zero-order chi connectivity index (χ0) is 21.5. The van der Waals surface area contributed by atoms with Crippen LogP contribution in [0.1, 0.15) is 24.4 Å². The highest BCUT2D eigenvalue weighted by Gasteiger charge is 2.28. The molecule has 1 fully saturated rings. The van der Waals surface area contributed by atoms with Crippen LogP contribution in [0.2, 0.25) is 0 Å². The first kappa shape index (κ1) is 21.8. The summed E-state index contributed by atoms with van der Waals surface area (Å²) >= 11 is 0. The first-order chi connectivity index (χ1) is 14.4. The Bertz CT molecular complexity index is 837. The first-order valence-electron chi connectivity index (χ1n) is 10.1. The summed E-state index contributed by atoms with van der Waals surface area (Å²) in [4.78, 5) is 20.2. The normalized spacial score (nSPS) is 19.6. The van der Waals surface area contributed by atoms with Crippen molar-refractivity contribution in [3.8, 4) is 0 Å². The number of nitrogens with one attached hydrogen (secondary N) is 1. The second-order valence-corrected chi connectivity index (χ2v) is 7.58. The van der Waals surface area contributed by atoms with Gasteiger partial charge < -0.3 is 24.3 Å². The van der Waals surface area contributed by atoms with E-state index in [0.29, 0.717) is 32.0 Å². The molecule has 0 spiro atoms. The molecule has 2 atom stereocenters. The van der Waals surface area contributed by atoms with Crippen LogP contribution in [-0.2, 0) is 16.0 Å². The topological polar surface area (TPSA) is 70.3 Å². The molecule has 1 N–H and O–H groups in total. The molecule has 1 aromatic carbocycles. The van der Waals surface area contributed by atoms with Gasteiger partial charge in [0.2, 0.25) is 5.91 Å². The summed E-state index contributed by atoms with van der Waals surface area (Å²) in [7, 11) is 3.42. The Balaban J connectivity index is 1.72. The quantitative estimate of drug-likeness (QED) is 0.579. The fraction of sp³-hybridized carbons (Fsp3) is 0.455. The third-order valence-corrected chi connectivity index (χ3v) is 4.90. The van der Waals surface area contributed by atoms with Gasteiger partial charge in [-0.25, -0.2) is 9.38 Å². The molecule has 0 radical (unpaired) electrons. The summed E-state index contributed by atoms with van der Waals surface area (Å²) in [6.45, 7) is 3.87. The van der Waals surface area contributed by atoms with E-state index < -0.39 is 0 Å². The molecule has 0 saturated carbocycles. The van der Waals surface area contributed by atoms with E-state index >= 15 is 0 Å². The molecular weight excluding hydrogens is 387 g/mol. The summed E-state index contributed by atoms with van der Waals surface area (Å²) in [5.41, 5.74) is 0.909. The van der Waals surface area contributed by atoms with Crippen LogP contribution >= 0.6 is 0 Å². The van der Waals surface area contributed by atoms with Gasteiger partial charge in [-0.05, 0) is 36.8 Å². The lowest BCUT2D eigenvalue weighted by molar-refractivity contribution is -0.127. The highest BCUT2D eigenvalue weighted by molar-refractivity contribution is 5.85. The summed E-state index contributed by atoms with van der Waals surface area (Å²) in [5, 5.41) is 3.35. The molecular formula is C22H29FN4O3. The van der Waals surface area contributed by atoms with Gasteiger partial charge in [0.05, 0.1) is 18.9 Å². The predicted molar refractivity (Wildman–Crippen MR) is 113 cm³/mol. The number of nitrogens with zero attached hydrogens (tertiary/aromatic N) is 3. The van der Waals surface area contributed by atoms with Crippen molar-refractivity contribution in [3.05, 3.63) is 59.8 Å². The smallest absolute Gasteiger partial charge is 0.243 e. The number of hydrogen-bond donors (Lipinski definition) is 1. The van der Waals surface area contributed by atoms with Gasteiger partial charge in [-0.3, -0.25) is 4.79 Å². The molecule has 30 heavy (non-hydrogen) atoms. The van der Waals surface area contributed by atoms with Crippen LogP contribution in [0.25, 0.3) is 0 Å². The molecule has 1 saturated heterocycles. The number of benzene rings is 1. The van der Waals surface area contributed by atoms with Crippen LogP contribution in [0.5, 0.6) is 0 Å². The van der Waals surface area contributed by atoms with Crippen molar-refractivity contribution in [2.45, 2.75) is 25.6 Å². The van der Waals surface area contributed by atoms with E-state index in [1.807, 2.05) is 19.1 Å². The minimum Gasteiger partial charge on any atom is -0.469 e. The van der Waals surface area contributed by atoms with Gasteiger partial charge in [-0.15, -0.1) is 0 Å². The maximum atomic E-state index is 13.3. The summed E-state index contributed by atoms with van der Waals surface area (Å²) in [6.07, 6.45) is 2.10. The van der Waals surface area contributed by atoms with Gasteiger partial charge in [-0.1, -0.05) is 12.1 Å². The lowest BCUT2D eigenvalue weighted by Gasteiger charge is -2.38. The van der Waals surface area contributed by atoms with Crippen LogP contribution < -0.4 is 5.32 Å². The number of amides is 1. The maximum absolute atomic E-state index is 13.3. The lowest BCUT2D eigenvalue weighted by atomic mass is 10.1. The summed E-state index contributed by atoms with van der Waals surface area (Å²) in [5.74, 6) is 1.19. The number of furan rings is 1. The van der Waals surface area contributed by atoms with E-state index in [9.17, 15) is 9.18 Å². The average Bonchev–Trinajstić information content (AvgIpc) is 3.23. The molecule has 1 aromatic heterocycles. The molecule has 2 heterocycles. The Morgan fingerprint density at radius 2 is 2.03 bits per heavy atom. The number of halogens is 1. The Hall–Kier alpha value is -2.87. The van der Waals surface area contributed by atoms with Crippen molar-refractivity contribution in [1.82, 2.24) is 15.1 Å². The zero-order valence-electron chi connectivity index (χ0n) is 17.7. The standard InChI is InChI=1S/C22H29FN4O3/c1-16-14-27(15-20(30-16)17-6-8-18(23)9-7-17)22(25-13-21(28)26(2)3)24-11-10-19-5-4-12-29-19/h4-9,12,16,20H,10-11,13-15H2,1-3H3,(H,24,25). The number of carbonyl (C=O) groups is 1. The fourth-order valence-electron chi connectivity index (χ4n) is 3.29. The van der Waals surface area contributed by atoms with Crippen LogP contribution in [0, 0.1) is 5.82 Å². The molecule has 162 valence electrons. The van der Waals surface area contributed by atoms with Crippen LogP contribution in [0.15, 0.2) is 52.1 Å². The fourth-order valence-corrected chi connectivity index (χ4v) is 3.29. The molecule has 2 unspecified atom stereocenters. The van der Waals surface area contributed by atoms with E-state index in [0.717, 1.165) is 11.3 Å². The van der Waals surface area contributed by atoms with Crippen molar-refractivity contribution in [2.24, 2.45) is 4.99 Å². The van der Waals surface area contributed by atoms with E-state index in [4.69, 9.17) is 9.15 Å². The second-order valence-electron chi connectivity index (χ2n) is 7.58. The first-order valence-corrected chi connectivity index (χ1v) is 10.1. The molecule has 1 amide bonds. The molecule has 0 bridgehead atoms. The molecule has 7 nitrogen and oxygen atoms in total. The minimum absolute atomic E-state index is 0.0459. The van der Waals surface area contributed by atoms with Gasteiger partial charge >= 0.3 is 0 Å². The number of rotatable bonds is 6. The van der Waals surface area contributed by atoms with Crippen molar-refractivity contribution in [3.63, 3.8) is 0 Å². The van der Waals surface area contributed by atoms with Gasteiger partial charge in [0.1, 0.15) is 24.2 Å². The summed E-state index contributed by atoms with van der Waals surface area (Å²) < 4.78 is 24.8. The predicted octanol–water partition coefficient (Wildman–Crippen LogP) is 2.46. The Kier molecular flexibility index (Phi) is 7.46. The van der Waals surface area contributed by atoms with E-state index in [2.05, 4.69) is 15.2 Å². The van der Waals surface area contributed by atoms with Crippen molar-refractivity contribution in [2.75, 3.05) is 40.3 Å². The minimum atomic E-state index is -0.275. The van der Waals surface area contributed by atoms with Crippen LogP contribution in [0.4, 0.5) is 4.39 Å². The van der Waals surface area contributed by atoms with Crippen molar-refractivity contribution < 1.29 is 18.3 Å². The number of guanidine groups is 1. The third-order valence-electron chi connectivity index (χ3n) is 4.90. The zero-order valence-corrected chi connectivity index (χ0v) is 17.7. The maximum Gasteiger partial charge on any atom is 0.243 e. The van der Waals surface area contributed by atoms with Gasteiger partial charge in [0, 0.05) is 33.6 Å². The number of morpholine rings is 1. The summed E-state index contributed by atoms with van der Waals surface area (Å²) in [6, 6.07) is 10.1. The highest BCUT2D eigenvalue weighted by Crippen LogP contribution is 2.25. The Morgan fingerprint density at radius 3 is 2.70 bits per heavy atom. The SMILES string of the molecule is CC1CN(C(=NCC(=O)N(C)C)NCCc2ccco2)CC(c2ccc(F)cc2)O1. The molecule has 1 aliphatic rings. The molecule has 3 rings (SSSR count). The number of likely N-dealkylation sites (N-methyl/N-ethyl adjacent to an activating group) is 1. The van der Waals surface area contributed by atoms with E-state index in [1.54, 1.807) is 32.5 Å². The number of ether oxygens (including phenoxy) is 1. The molecule has 2 aromatic rings. The van der Waals surface area contributed by atoms with E-state index in [-0.39, 0.29) is 30.5 Å². The van der Waals surface area contributed by atoms with Crippen molar-refractivity contribution in [1.29, 1.82) is 0 Å². The second kappa shape index (κ2) is 10.2. The Labute approximate surface area is 176 Å². The highest BCUT2D eigenvalue weighted by atomic mass is 19.1.